The fourth-order valence-corrected chi connectivity index (χ4v) is 3.63. The van der Waals surface area contributed by atoms with Gasteiger partial charge < -0.3 is 10.5 Å². The molecule has 1 saturated carbocycles. The fraction of sp³-hybridized carbons (Fsp3) is 1.00. The zero-order valence-corrected chi connectivity index (χ0v) is 12.1. The summed E-state index contributed by atoms with van der Waals surface area (Å²) in [6, 6.07) is 1.14. The number of nitrogens with two attached hydrogens (primary N) is 1. The second-order valence-corrected chi connectivity index (χ2v) is 6.18. The molecule has 3 nitrogen and oxygen atoms in total. The highest BCUT2D eigenvalue weighted by Crippen LogP contribution is 2.28. The van der Waals surface area contributed by atoms with Gasteiger partial charge >= 0.3 is 0 Å². The average Bonchev–Trinajstić information content (AvgIpc) is 2.65. The molecule has 0 aromatic carbocycles. The molecule has 2 N–H and O–H groups in total. The van der Waals surface area contributed by atoms with E-state index in [9.17, 15) is 0 Å². The van der Waals surface area contributed by atoms with Gasteiger partial charge in [0.25, 0.3) is 0 Å². The Balaban J connectivity index is 1.93. The van der Waals surface area contributed by atoms with Gasteiger partial charge in [-0.25, -0.2) is 0 Å². The van der Waals surface area contributed by atoms with Gasteiger partial charge in [0.2, 0.25) is 0 Å². The first kappa shape index (κ1) is 14.3. The lowest BCUT2D eigenvalue weighted by molar-refractivity contribution is -0.0104. The summed E-state index contributed by atoms with van der Waals surface area (Å²) in [5, 5.41) is 0. The van der Waals surface area contributed by atoms with Gasteiger partial charge in [0.15, 0.2) is 0 Å². The molecule has 0 aromatic rings. The quantitative estimate of drug-likeness (QED) is 0.784. The van der Waals surface area contributed by atoms with Crippen molar-refractivity contribution < 1.29 is 4.74 Å². The van der Waals surface area contributed by atoms with Crippen LogP contribution in [0, 0.1) is 0 Å². The third kappa shape index (κ3) is 3.46. The highest BCUT2D eigenvalue weighted by molar-refractivity contribution is 4.88. The Hall–Kier alpha value is -0.120. The first-order valence-corrected chi connectivity index (χ1v) is 7.80. The molecule has 106 valence electrons. The molecule has 1 saturated heterocycles. The third-order valence-electron chi connectivity index (χ3n) is 4.86. The van der Waals surface area contributed by atoms with Crippen LogP contribution in [0.15, 0.2) is 0 Å². The van der Waals surface area contributed by atoms with Crippen LogP contribution in [-0.4, -0.2) is 42.8 Å². The molecule has 3 unspecified atom stereocenters. The van der Waals surface area contributed by atoms with Crippen LogP contribution in [0.3, 0.4) is 0 Å². The number of hydrogen-bond acceptors (Lipinski definition) is 3. The van der Waals surface area contributed by atoms with Crippen molar-refractivity contribution in [2.45, 2.75) is 82.6 Å². The second kappa shape index (κ2) is 6.88. The van der Waals surface area contributed by atoms with E-state index in [1.165, 1.54) is 51.4 Å². The lowest BCUT2D eigenvalue weighted by atomic mass is 10.0. The molecule has 0 spiro atoms. The summed E-state index contributed by atoms with van der Waals surface area (Å²) in [6.07, 6.45) is 11.4. The van der Waals surface area contributed by atoms with E-state index in [0.29, 0.717) is 18.2 Å². The minimum atomic E-state index is 0.359. The maximum absolute atomic E-state index is 6.04. The van der Waals surface area contributed by atoms with Crippen molar-refractivity contribution in [3.05, 3.63) is 0 Å². The molecule has 3 atom stereocenters. The van der Waals surface area contributed by atoms with E-state index < -0.39 is 0 Å². The van der Waals surface area contributed by atoms with E-state index in [0.717, 1.165) is 12.6 Å². The molecule has 2 aliphatic rings. The molecule has 0 aromatic heterocycles. The van der Waals surface area contributed by atoms with E-state index in [2.05, 4.69) is 18.9 Å². The zero-order valence-electron chi connectivity index (χ0n) is 12.1. The highest BCUT2D eigenvalue weighted by atomic mass is 16.5. The first-order valence-electron chi connectivity index (χ1n) is 7.80. The maximum atomic E-state index is 6.04. The topological polar surface area (TPSA) is 38.5 Å². The van der Waals surface area contributed by atoms with Crippen LogP contribution >= 0.6 is 0 Å². The summed E-state index contributed by atoms with van der Waals surface area (Å²) in [5.41, 5.74) is 6.02. The molecule has 1 aliphatic carbocycles. The van der Waals surface area contributed by atoms with E-state index in [1.807, 2.05) is 0 Å². The summed E-state index contributed by atoms with van der Waals surface area (Å²) < 4.78 is 6.04. The largest absolute Gasteiger partial charge is 0.374 e. The lowest BCUT2D eigenvalue weighted by Gasteiger charge is -2.37. The Bertz CT molecular complexity index is 239. The molecule has 2 rings (SSSR count). The van der Waals surface area contributed by atoms with Crippen molar-refractivity contribution in [3.8, 4) is 0 Å². The highest BCUT2D eigenvalue weighted by Gasteiger charge is 2.33. The number of likely N-dealkylation sites (N-methyl/N-ethyl adjacent to an activating group) is 1. The van der Waals surface area contributed by atoms with Gasteiger partial charge in [-0.2, -0.15) is 0 Å². The van der Waals surface area contributed by atoms with Crippen LogP contribution < -0.4 is 5.73 Å². The first-order chi connectivity index (χ1) is 8.72. The molecule has 1 aliphatic heterocycles. The predicted molar refractivity (Wildman–Crippen MR) is 75.7 cm³/mol. The van der Waals surface area contributed by atoms with Gasteiger partial charge in [-0.05, 0) is 39.7 Å². The molecule has 2 fully saturated rings. The van der Waals surface area contributed by atoms with Crippen LogP contribution in [0.1, 0.15) is 58.3 Å². The molecule has 3 heteroatoms. The van der Waals surface area contributed by atoms with Crippen LogP contribution in [0.2, 0.25) is 0 Å². The van der Waals surface area contributed by atoms with Crippen molar-refractivity contribution in [2.24, 2.45) is 5.73 Å². The molecular formula is C15H30N2O. The van der Waals surface area contributed by atoms with Gasteiger partial charge in [0.05, 0.1) is 12.2 Å². The Morgan fingerprint density at radius 1 is 1.11 bits per heavy atom. The van der Waals surface area contributed by atoms with E-state index in [4.69, 9.17) is 10.5 Å². The molecule has 0 amide bonds. The number of ether oxygens (including phenoxy) is 1. The molecule has 0 radical (unpaired) electrons. The minimum absolute atomic E-state index is 0.359. The Morgan fingerprint density at radius 3 is 2.28 bits per heavy atom. The van der Waals surface area contributed by atoms with Crippen molar-refractivity contribution >= 4 is 0 Å². The van der Waals surface area contributed by atoms with E-state index >= 15 is 0 Å². The van der Waals surface area contributed by atoms with Crippen LogP contribution in [0.25, 0.3) is 0 Å². The van der Waals surface area contributed by atoms with Gasteiger partial charge in [0.1, 0.15) is 0 Å². The van der Waals surface area contributed by atoms with E-state index in [-0.39, 0.29) is 0 Å². The molecule has 1 heterocycles. The summed E-state index contributed by atoms with van der Waals surface area (Å²) in [7, 11) is 2.26. The van der Waals surface area contributed by atoms with E-state index in [1.54, 1.807) is 0 Å². The van der Waals surface area contributed by atoms with Gasteiger partial charge in [0, 0.05) is 18.6 Å². The number of rotatable bonds is 4. The van der Waals surface area contributed by atoms with Crippen LogP contribution in [0.5, 0.6) is 0 Å². The Kier molecular flexibility index (Phi) is 5.46. The standard InChI is InChI=1S/C15H30N2O/c1-12-9-10-15(18-12)14(11-16)17(2)13-7-5-3-4-6-8-13/h12-15H,3-11,16H2,1-2H3. The fourth-order valence-electron chi connectivity index (χ4n) is 3.63. The third-order valence-corrected chi connectivity index (χ3v) is 4.86. The molecule has 0 bridgehead atoms. The minimum Gasteiger partial charge on any atom is -0.374 e. The number of hydrogen-bond donors (Lipinski definition) is 1. The van der Waals surface area contributed by atoms with Crippen molar-refractivity contribution in [1.29, 1.82) is 0 Å². The summed E-state index contributed by atoms with van der Waals surface area (Å²) >= 11 is 0. The Morgan fingerprint density at radius 2 is 1.78 bits per heavy atom. The SMILES string of the molecule is CC1CCC(C(CN)N(C)C2CCCCCC2)O1. The van der Waals surface area contributed by atoms with Crippen LogP contribution in [-0.2, 0) is 4.74 Å². The predicted octanol–water partition coefficient (Wildman–Crippen LogP) is 2.54. The monoisotopic (exact) mass is 254 g/mol. The zero-order chi connectivity index (χ0) is 13.0. The molecule has 18 heavy (non-hydrogen) atoms. The summed E-state index contributed by atoms with van der Waals surface area (Å²) in [5.74, 6) is 0. The van der Waals surface area contributed by atoms with Crippen molar-refractivity contribution in [1.82, 2.24) is 4.90 Å². The molecular weight excluding hydrogens is 224 g/mol. The van der Waals surface area contributed by atoms with Gasteiger partial charge in [-0.1, -0.05) is 25.7 Å². The summed E-state index contributed by atoms with van der Waals surface area (Å²) in [6.45, 7) is 2.91. The van der Waals surface area contributed by atoms with Crippen molar-refractivity contribution in [3.63, 3.8) is 0 Å². The second-order valence-electron chi connectivity index (χ2n) is 6.18. The van der Waals surface area contributed by atoms with Gasteiger partial charge in [-0.3, -0.25) is 4.90 Å². The Labute approximate surface area is 112 Å². The summed E-state index contributed by atoms with van der Waals surface area (Å²) in [4.78, 5) is 2.54. The number of nitrogens with zero attached hydrogens (tertiary/aromatic N) is 1. The average molecular weight is 254 g/mol. The normalized spacial score (nSPS) is 32.7. The van der Waals surface area contributed by atoms with Crippen LogP contribution in [0.4, 0.5) is 0 Å². The smallest absolute Gasteiger partial charge is 0.0747 e. The lowest BCUT2D eigenvalue weighted by Crippen LogP contribution is -2.50. The van der Waals surface area contributed by atoms with Crippen molar-refractivity contribution in [2.75, 3.05) is 13.6 Å². The van der Waals surface area contributed by atoms with Gasteiger partial charge in [-0.15, -0.1) is 0 Å². The maximum Gasteiger partial charge on any atom is 0.0747 e.